The maximum absolute atomic E-state index is 8.96. The molecule has 0 amide bonds. The zero-order valence-electron chi connectivity index (χ0n) is 12.1. The zero-order chi connectivity index (χ0) is 13.2. The first-order valence-electron chi connectivity index (χ1n) is 7.44. The van der Waals surface area contributed by atoms with E-state index in [-0.39, 0.29) is 18.5 Å². The van der Waals surface area contributed by atoms with Gasteiger partial charge in [-0.25, -0.2) is 0 Å². The van der Waals surface area contributed by atoms with Crippen molar-refractivity contribution in [2.24, 2.45) is 11.3 Å². The van der Waals surface area contributed by atoms with Crippen LogP contribution in [0.2, 0.25) is 0 Å². The van der Waals surface area contributed by atoms with Crippen LogP contribution in [0.3, 0.4) is 0 Å². The van der Waals surface area contributed by atoms with Gasteiger partial charge in [0.25, 0.3) is 0 Å². The zero-order valence-corrected chi connectivity index (χ0v) is 12.1. The molecule has 1 spiro atoms. The highest BCUT2D eigenvalue weighted by Crippen LogP contribution is 2.47. The van der Waals surface area contributed by atoms with E-state index >= 15 is 0 Å². The van der Waals surface area contributed by atoms with Crippen LogP contribution in [0, 0.1) is 11.3 Å². The molecular weight excluding hydrogens is 228 g/mol. The number of ether oxygens (including phenoxy) is 2. The Bertz CT molecular complexity index is 267. The summed E-state index contributed by atoms with van der Waals surface area (Å²) in [7, 11) is 0. The Balaban J connectivity index is 1.87. The first kappa shape index (κ1) is 14.3. The molecule has 1 aliphatic carbocycles. The third-order valence-electron chi connectivity index (χ3n) is 5.13. The molecule has 0 aromatic carbocycles. The molecule has 1 saturated heterocycles. The van der Waals surface area contributed by atoms with Gasteiger partial charge in [0.05, 0.1) is 12.7 Å². The van der Waals surface area contributed by atoms with Gasteiger partial charge in [0.1, 0.15) is 0 Å². The minimum atomic E-state index is -0.319. The fourth-order valence-electron chi connectivity index (χ4n) is 3.29. The van der Waals surface area contributed by atoms with Crippen LogP contribution in [-0.4, -0.2) is 30.2 Å². The second-order valence-corrected chi connectivity index (χ2v) is 6.59. The van der Waals surface area contributed by atoms with Crippen molar-refractivity contribution in [3.05, 3.63) is 0 Å². The summed E-state index contributed by atoms with van der Waals surface area (Å²) in [6.45, 7) is 7.88. The van der Waals surface area contributed by atoms with E-state index in [4.69, 9.17) is 14.6 Å². The van der Waals surface area contributed by atoms with Gasteiger partial charge in [0, 0.05) is 19.4 Å². The van der Waals surface area contributed by atoms with Crippen molar-refractivity contribution in [3.8, 4) is 0 Å². The quantitative estimate of drug-likeness (QED) is 0.840. The van der Waals surface area contributed by atoms with Crippen LogP contribution in [0.5, 0.6) is 0 Å². The van der Waals surface area contributed by atoms with Crippen molar-refractivity contribution in [1.82, 2.24) is 0 Å². The fraction of sp³-hybridized carbons (Fsp3) is 1.00. The largest absolute Gasteiger partial charge is 0.396 e. The molecule has 1 atom stereocenters. The maximum Gasteiger partial charge on any atom is 0.168 e. The molecule has 0 radical (unpaired) electrons. The lowest BCUT2D eigenvalue weighted by Gasteiger charge is -2.42. The summed E-state index contributed by atoms with van der Waals surface area (Å²) in [5.74, 6) is 0.470. The number of aliphatic hydroxyl groups is 1. The van der Waals surface area contributed by atoms with E-state index in [1.165, 1.54) is 19.3 Å². The molecule has 1 aliphatic heterocycles. The minimum Gasteiger partial charge on any atom is -0.396 e. The van der Waals surface area contributed by atoms with Gasteiger partial charge < -0.3 is 14.6 Å². The van der Waals surface area contributed by atoms with Crippen LogP contribution < -0.4 is 0 Å². The van der Waals surface area contributed by atoms with Crippen LogP contribution >= 0.6 is 0 Å². The van der Waals surface area contributed by atoms with Crippen molar-refractivity contribution in [2.45, 2.75) is 71.2 Å². The van der Waals surface area contributed by atoms with Crippen LogP contribution in [-0.2, 0) is 9.47 Å². The molecule has 0 aromatic rings. The lowest BCUT2D eigenvalue weighted by molar-refractivity contribution is -0.197. The third kappa shape index (κ3) is 2.89. The Morgan fingerprint density at radius 2 is 1.94 bits per heavy atom. The van der Waals surface area contributed by atoms with E-state index < -0.39 is 0 Å². The van der Waals surface area contributed by atoms with Crippen LogP contribution in [0.4, 0.5) is 0 Å². The van der Waals surface area contributed by atoms with Gasteiger partial charge in [-0.15, -0.1) is 0 Å². The van der Waals surface area contributed by atoms with Crippen LogP contribution in [0.25, 0.3) is 0 Å². The van der Waals surface area contributed by atoms with Crippen molar-refractivity contribution >= 4 is 0 Å². The maximum atomic E-state index is 8.96. The highest BCUT2D eigenvalue weighted by molar-refractivity contribution is 4.89. The first-order valence-corrected chi connectivity index (χ1v) is 7.44. The molecule has 1 N–H and O–H groups in total. The molecule has 1 saturated carbocycles. The van der Waals surface area contributed by atoms with Gasteiger partial charge in [0.2, 0.25) is 0 Å². The summed E-state index contributed by atoms with van der Waals surface area (Å²) in [6, 6.07) is 0. The van der Waals surface area contributed by atoms with Crippen molar-refractivity contribution < 1.29 is 14.6 Å². The fourth-order valence-corrected chi connectivity index (χ4v) is 3.29. The third-order valence-corrected chi connectivity index (χ3v) is 5.13. The van der Waals surface area contributed by atoms with E-state index in [0.29, 0.717) is 18.4 Å². The predicted octanol–water partition coefficient (Wildman–Crippen LogP) is 3.11. The smallest absolute Gasteiger partial charge is 0.168 e. The molecule has 1 heterocycles. The highest BCUT2D eigenvalue weighted by Gasteiger charge is 2.46. The second kappa shape index (κ2) is 5.48. The number of hydrogen-bond donors (Lipinski definition) is 1. The van der Waals surface area contributed by atoms with Gasteiger partial charge in [-0.1, -0.05) is 27.2 Å². The molecule has 18 heavy (non-hydrogen) atoms. The molecule has 0 bridgehead atoms. The number of aliphatic hydroxyl groups excluding tert-OH is 1. The predicted molar refractivity (Wildman–Crippen MR) is 71.3 cm³/mol. The SMILES string of the molecule is CCC(C)(C)C1CCC2(CC1)OCC(CCO)O2. The second-order valence-electron chi connectivity index (χ2n) is 6.59. The highest BCUT2D eigenvalue weighted by atomic mass is 16.7. The van der Waals surface area contributed by atoms with Crippen LogP contribution in [0.1, 0.15) is 59.3 Å². The Morgan fingerprint density at radius 3 is 2.50 bits per heavy atom. The van der Waals surface area contributed by atoms with Crippen molar-refractivity contribution in [2.75, 3.05) is 13.2 Å². The van der Waals surface area contributed by atoms with E-state index in [2.05, 4.69) is 20.8 Å². The van der Waals surface area contributed by atoms with Crippen molar-refractivity contribution in [3.63, 3.8) is 0 Å². The van der Waals surface area contributed by atoms with E-state index in [0.717, 1.165) is 18.8 Å². The van der Waals surface area contributed by atoms with Gasteiger partial charge in [-0.2, -0.15) is 0 Å². The number of hydrogen-bond acceptors (Lipinski definition) is 3. The Labute approximate surface area is 111 Å². The van der Waals surface area contributed by atoms with Gasteiger partial charge >= 0.3 is 0 Å². The van der Waals surface area contributed by atoms with Crippen molar-refractivity contribution in [1.29, 1.82) is 0 Å². The lowest BCUT2D eigenvalue weighted by Crippen LogP contribution is -2.39. The molecule has 2 rings (SSSR count). The summed E-state index contributed by atoms with van der Waals surface area (Å²) in [5, 5.41) is 8.96. The molecule has 2 aliphatic rings. The first-order chi connectivity index (χ1) is 8.51. The topological polar surface area (TPSA) is 38.7 Å². The van der Waals surface area contributed by atoms with Gasteiger partial charge in [0.15, 0.2) is 5.79 Å². The standard InChI is InChI=1S/C15H28O3/c1-4-14(2,3)12-5-8-15(9-6-12)17-11-13(18-15)7-10-16/h12-13,16H,4-11H2,1-3H3. The van der Waals surface area contributed by atoms with Gasteiger partial charge in [-0.3, -0.25) is 0 Å². The van der Waals surface area contributed by atoms with Gasteiger partial charge in [-0.05, 0) is 30.6 Å². The summed E-state index contributed by atoms with van der Waals surface area (Å²) in [5.41, 5.74) is 0.435. The molecule has 106 valence electrons. The Hall–Kier alpha value is -0.120. The molecule has 3 heteroatoms. The molecule has 0 aromatic heterocycles. The summed E-state index contributed by atoms with van der Waals surface area (Å²) in [6.07, 6.45) is 6.47. The molecule has 3 nitrogen and oxygen atoms in total. The number of rotatable bonds is 4. The van der Waals surface area contributed by atoms with E-state index in [9.17, 15) is 0 Å². The molecule has 2 fully saturated rings. The Morgan fingerprint density at radius 1 is 1.28 bits per heavy atom. The lowest BCUT2D eigenvalue weighted by atomic mass is 9.68. The van der Waals surface area contributed by atoms with E-state index in [1.54, 1.807) is 0 Å². The average Bonchev–Trinajstić information content (AvgIpc) is 2.73. The monoisotopic (exact) mass is 256 g/mol. The van der Waals surface area contributed by atoms with Crippen LogP contribution in [0.15, 0.2) is 0 Å². The Kier molecular flexibility index (Phi) is 4.35. The summed E-state index contributed by atoms with van der Waals surface area (Å²) in [4.78, 5) is 0. The van der Waals surface area contributed by atoms with E-state index in [1.807, 2.05) is 0 Å². The molecular formula is C15H28O3. The minimum absolute atomic E-state index is 0.103. The molecule has 1 unspecified atom stereocenters. The summed E-state index contributed by atoms with van der Waals surface area (Å²) >= 11 is 0. The normalized spacial score (nSPS) is 37.3. The average molecular weight is 256 g/mol. The summed E-state index contributed by atoms with van der Waals surface area (Å²) < 4.78 is 12.0.